The highest BCUT2D eigenvalue weighted by Crippen LogP contribution is 2.27. The van der Waals surface area contributed by atoms with Crippen molar-refractivity contribution in [2.45, 2.75) is 57.4 Å². The molecule has 16 heavy (non-hydrogen) atoms. The Morgan fingerprint density at radius 1 is 1.12 bits per heavy atom. The molecule has 2 nitrogen and oxygen atoms in total. The van der Waals surface area contributed by atoms with Crippen LogP contribution in [-0.4, -0.2) is 23.4 Å². The Morgan fingerprint density at radius 2 is 1.75 bits per heavy atom. The van der Waals surface area contributed by atoms with E-state index in [4.69, 9.17) is 0 Å². The van der Waals surface area contributed by atoms with Crippen molar-refractivity contribution in [2.24, 2.45) is 5.92 Å². The molecule has 0 N–H and O–H groups in total. The molecule has 0 aromatic heterocycles. The van der Waals surface area contributed by atoms with Crippen molar-refractivity contribution >= 4 is 5.91 Å². The first kappa shape index (κ1) is 11.7. The summed E-state index contributed by atoms with van der Waals surface area (Å²) < 4.78 is 0. The molecule has 1 amide bonds. The Bertz CT molecular complexity index is 253. The standard InChI is InChI=1S/C14H23NO/c1-2-12-10-14(16)15(11-12)13-8-6-4-3-5-7-9-13/h2,12-13H,1,3-11H2. The Hall–Kier alpha value is -0.790. The fourth-order valence-corrected chi connectivity index (χ4v) is 3.02. The Morgan fingerprint density at radius 3 is 2.31 bits per heavy atom. The molecule has 2 heteroatoms. The molecule has 2 rings (SSSR count). The zero-order valence-electron chi connectivity index (χ0n) is 10.2. The van der Waals surface area contributed by atoms with Gasteiger partial charge in [0.2, 0.25) is 5.91 Å². The van der Waals surface area contributed by atoms with Crippen LogP contribution in [0.15, 0.2) is 12.7 Å². The van der Waals surface area contributed by atoms with E-state index in [0.717, 1.165) is 6.54 Å². The molecule has 1 saturated heterocycles. The van der Waals surface area contributed by atoms with Crippen LogP contribution in [0.5, 0.6) is 0 Å². The third kappa shape index (κ3) is 2.66. The largest absolute Gasteiger partial charge is 0.339 e. The second-order valence-corrected chi connectivity index (χ2v) is 5.24. The second kappa shape index (κ2) is 5.51. The highest BCUT2D eigenvalue weighted by molar-refractivity contribution is 5.79. The van der Waals surface area contributed by atoms with E-state index >= 15 is 0 Å². The molecule has 1 saturated carbocycles. The number of rotatable bonds is 2. The van der Waals surface area contributed by atoms with Crippen LogP contribution < -0.4 is 0 Å². The molecule has 1 unspecified atom stereocenters. The summed E-state index contributed by atoms with van der Waals surface area (Å²) >= 11 is 0. The molecule has 0 aromatic carbocycles. The minimum absolute atomic E-state index is 0.357. The van der Waals surface area contributed by atoms with Crippen LogP contribution in [0, 0.1) is 5.92 Å². The van der Waals surface area contributed by atoms with Crippen molar-refractivity contribution < 1.29 is 4.79 Å². The molecule has 0 spiro atoms. The van der Waals surface area contributed by atoms with Gasteiger partial charge < -0.3 is 4.90 Å². The normalized spacial score (nSPS) is 28.9. The van der Waals surface area contributed by atoms with E-state index in [0.29, 0.717) is 24.3 Å². The molecule has 1 atom stereocenters. The molecule has 0 bridgehead atoms. The highest BCUT2D eigenvalue weighted by Gasteiger charge is 2.32. The van der Waals surface area contributed by atoms with Crippen LogP contribution in [0.2, 0.25) is 0 Å². The molecule has 90 valence electrons. The molecule has 1 aliphatic heterocycles. The molecule has 0 radical (unpaired) electrons. The third-order valence-corrected chi connectivity index (χ3v) is 4.04. The summed E-state index contributed by atoms with van der Waals surface area (Å²) in [6.07, 6.45) is 11.8. The first-order valence-electron chi connectivity index (χ1n) is 6.73. The van der Waals surface area contributed by atoms with Crippen molar-refractivity contribution in [2.75, 3.05) is 6.54 Å². The van der Waals surface area contributed by atoms with Crippen LogP contribution in [0.1, 0.15) is 51.4 Å². The topological polar surface area (TPSA) is 20.3 Å². The zero-order valence-corrected chi connectivity index (χ0v) is 10.2. The molecule has 0 aromatic rings. The van der Waals surface area contributed by atoms with Gasteiger partial charge in [0.15, 0.2) is 0 Å². The predicted molar refractivity (Wildman–Crippen MR) is 66.1 cm³/mol. The third-order valence-electron chi connectivity index (χ3n) is 4.04. The summed E-state index contributed by atoms with van der Waals surface area (Å²) in [7, 11) is 0. The lowest BCUT2D eigenvalue weighted by molar-refractivity contribution is -0.130. The average molecular weight is 221 g/mol. The second-order valence-electron chi connectivity index (χ2n) is 5.24. The van der Waals surface area contributed by atoms with Crippen molar-refractivity contribution in [3.05, 3.63) is 12.7 Å². The SMILES string of the molecule is C=CC1CC(=O)N(C2CCCCCCC2)C1. The quantitative estimate of drug-likeness (QED) is 0.656. The lowest BCUT2D eigenvalue weighted by atomic mass is 9.96. The van der Waals surface area contributed by atoms with Gasteiger partial charge in [-0.15, -0.1) is 6.58 Å². The number of carbonyl (C=O) groups is 1. The first-order chi connectivity index (χ1) is 7.81. The maximum Gasteiger partial charge on any atom is 0.223 e. The van der Waals surface area contributed by atoms with E-state index in [-0.39, 0.29) is 0 Å². The van der Waals surface area contributed by atoms with Crippen molar-refractivity contribution in [1.29, 1.82) is 0 Å². The highest BCUT2D eigenvalue weighted by atomic mass is 16.2. The van der Waals surface area contributed by atoms with Gasteiger partial charge in [-0.2, -0.15) is 0 Å². The average Bonchev–Trinajstić information content (AvgIpc) is 2.60. The lowest BCUT2D eigenvalue weighted by Crippen LogP contribution is -2.37. The van der Waals surface area contributed by atoms with Gasteiger partial charge in [0.1, 0.15) is 0 Å². The summed E-state index contributed by atoms with van der Waals surface area (Å²) in [5.74, 6) is 0.758. The summed E-state index contributed by atoms with van der Waals surface area (Å²) in [5, 5.41) is 0. The van der Waals surface area contributed by atoms with Crippen LogP contribution >= 0.6 is 0 Å². The number of hydrogen-bond donors (Lipinski definition) is 0. The van der Waals surface area contributed by atoms with Gasteiger partial charge >= 0.3 is 0 Å². The molecular formula is C14H23NO. The molecule has 1 heterocycles. The van der Waals surface area contributed by atoms with Gasteiger partial charge in [0.05, 0.1) is 0 Å². The summed E-state index contributed by atoms with van der Waals surface area (Å²) in [6.45, 7) is 4.73. The van der Waals surface area contributed by atoms with Crippen LogP contribution in [-0.2, 0) is 4.79 Å². The first-order valence-corrected chi connectivity index (χ1v) is 6.73. The minimum atomic E-state index is 0.357. The monoisotopic (exact) mass is 221 g/mol. The van der Waals surface area contributed by atoms with Crippen LogP contribution in [0.4, 0.5) is 0 Å². The lowest BCUT2D eigenvalue weighted by Gasteiger charge is -2.29. The molecule has 1 aliphatic carbocycles. The van der Waals surface area contributed by atoms with Gasteiger partial charge in [0, 0.05) is 24.9 Å². The number of amides is 1. The van der Waals surface area contributed by atoms with Gasteiger partial charge in [-0.3, -0.25) is 4.79 Å². The number of carbonyl (C=O) groups excluding carboxylic acids is 1. The van der Waals surface area contributed by atoms with E-state index in [9.17, 15) is 4.79 Å². The molecule has 2 aliphatic rings. The Kier molecular flexibility index (Phi) is 4.03. The minimum Gasteiger partial charge on any atom is -0.339 e. The van der Waals surface area contributed by atoms with E-state index in [2.05, 4.69) is 11.5 Å². The number of hydrogen-bond acceptors (Lipinski definition) is 1. The zero-order chi connectivity index (χ0) is 11.4. The maximum atomic E-state index is 11.9. The van der Waals surface area contributed by atoms with Gasteiger partial charge in [0.25, 0.3) is 0 Å². The van der Waals surface area contributed by atoms with E-state index in [1.54, 1.807) is 0 Å². The van der Waals surface area contributed by atoms with Crippen molar-refractivity contribution in [1.82, 2.24) is 4.90 Å². The van der Waals surface area contributed by atoms with Gasteiger partial charge in [-0.25, -0.2) is 0 Å². The summed E-state index contributed by atoms with van der Waals surface area (Å²) in [6, 6.07) is 0.526. The number of nitrogens with zero attached hydrogens (tertiary/aromatic N) is 1. The molecule has 2 fully saturated rings. The molecular weight excluding hydrogens is 198 g/mol. The Labute approximate surface area is 98.7 Å². The summed E-state index contributed by atoms with van der Waals surface area (Å²) in [4.78, 5) is 14.1. The number of likely N-dealkylation sites (tertiary alicyclic amines) is 1. The van der Waals surface area contributed by atoms with Crippen LogP contribution in [0.3, 0.4) is 0 Å². The van der Waals surface area contributed by atoms with Gasteiger partial charge in [-0.1, -0.05) is 38.2 Å². The van der Waals surface area contributed by atoms with Crippen molar-refractivity contribution in [3.8, 4) is 0 Å². The van der Waals surface area contributed by atoms with E-state index in [1.165, 1.54) is 44.9 Å². The Balaban J connectivity index is 1.94. The fraction of sp³-hybridized carbons (Fsp3) is 0.786. The van der Waals surface area contributed by atoms with Crippen molar-refractivity contribution in [3.63, 3.8) is 0 Å². The van der Waals surface area contributed by atoms with E-state index in [1.807, 2.05) is 6.08 Å². The fourth-order valence-electron chi connectivity index (χ4n) is 3.02. The van der Waals surface area contributed by atoms with Crippen LogP contribution in [0.25, 0.3) is 0 Å². The summed E-state index contributed by atoms with van der Waals surface area (Å²) in [5.41, 5.74) is 0. The van der Waals surface area contributed by atoms with E-state index < -0.39 is 0 Å². The maximum absolute atomic E-state index is 11.9. The predicted octanol–water partition coefficient (Wildman–Crippen LogP) is 3.13. The smallest absolute Gasteiger partial charge is 0.223 e. The van der Waals surface area contributed by atoms with Gasteiger partial charge in [-0.05, 0) is 12.8 Å².